The van der Waals surface area contributed by atoms with Crippen molar-refractivity contribution < 1.29 is 114 Å². The number of anilines is 3. The molecule has 7 heterocycles. The van der Waals surface area contributed by atoms with Crippen LogP contribution in [0.25, 0.3) is 33.4 Å². The number of ether oxygens (including phenoxy) is 6. The van der Waals surface area contributed by atoms with Gasteiger partial charge in [-0.3, -0.25) is 29.1 Å². The van der Waals surface area contributed by atoms with Gasteiger partial charge in [0.15, 0.2) is 0 Å². The van der Waals surface area contributed by atoms with E-state index in [9.17, 15) is 51.9 Å². The summed E-state index contributed by atoms with van der Waals surface area (Å²) in [6, 6.07) is 36.1. The zero-order valence-electron chi connectivity index (χ0n) is 77.5. The topological polar surface area (TPSA) is 460 Å². The summed E-state index contributed by atoms with van der Waals surface area (Å²) < 4.78 is 76.0. The molecular weight excluding hydrogens is 2050 g/mol. The summed E-state index contributed by atoms with van der Waals surface area (Å²) in [6.07, 6.45) is 2.10. The molecule has 3 fully saturated rings. The molecule has 10 aromatic rings. The molecule has 10 N–H and O–H groups in total. The first-order chi connectivity index (χ1) is 63.8. The van der Waals surface area contributed by atoms with Gasteiger partial charge in [0.2, 0.25) is 17.7 Å². The van der Waals surface area contributed by atoms with Crippen molar-refractivity contribution in [3.8, 4) is 33.4 Å². The molecule has 0 radical (unpaired) electrons. The van der Waals surface area contributed by atoms with Crippen molar-refractivity contribution in [2.24, 2.45) is 0 Å². The number of benzene rings is 6. The van der Waals surface area contributed by atoms with Gasteiger partial charge >= 0.3 is 66.1 Å². The van der Waals surface area contributed by atoms with Crippen LogP contribution >= 0.6 is 87.6 Å². The van der Waals surface area contributed by atoms with E-state index in [0.29, 0.717) is 88.7 Å². The zero-order chi connectivity index (χ0) is 97.5. The van der Waals surface area contributed by atoms with Gasteiger partial charge in [0.25, 0.3) is 0 Å². The fraction of sp³-hybridized carbons (Fsp3) is 0.424. The van der Waals surface area contributed by atoms with Crippen LogP contribution in [0.15, 0.2) is 172 Å². The van der Waals surface area contributed by atoms with Crippen LogP contribution in [-0.4, -0.2) is 244 Å². The number of alkyl halides is 2. The fourth-order valence-corrected chi connectivity index (χ4v) is 14.5. The number of aromatic nitrogens is 12. The first-order valence-corrected chi connectivity index (χ1v) is 46.9. The van der Waals surface area contributed by atoms with Crippen LogP contribution in [0.5, 0.6) is 0 Å². The summed E-state index contributed by atoms with van der Waals surface area (Å²) in [7, 11) is 0. The summed E-state index contributed by atoms with van der Waals surface area (Å²) in [5, 5.41) is 60.2. The van der Waals surface area contributed by atoms with Gasteiger partial charge in [0, 0.05) is 111 Å². The SMILES string of the molecule is C.C.C.C.CC(=O)NC[C@H]1CN(c2ccc(-c3ccc(CCl)cc3)c(F)c2)C(=O)O1.CC(=O)NC[C@H]1CN(c2ccc(-c3ccc(CN(CCSc4cn[nH]n4)C(=O)OC(C)(C)C)cc3)c(F)c2)C(=O)O1.CC(=O)NC[C@H]1CN(c2ccc(-c3ccc(CNCCSc4cn[nH]n4)cc3)c(F)c2)C(=O)O1.CC(C)(C)OC(=O)NCCBr.CC(C)(C)OC(=O)NCCSc1cn[nH]n1.Cl.Cl.[Na+].[S-]c1cn[nH]n1. The van der Waals surface area contributed by atoms with E-state index in [4.69, 9.17) is 40.0 Å². The molecule has 49 heteroatoms. The molecule has 768 valence electrons. The minimum absolute atomic E-state index is 0. The predicted octanol–water partition coefficient (Wildman–Crippen LogP) is 14.7. The average Bonchev–Trinajstić information content (AvgIpc) is 1.55. The van der Waals surface area contributed by atoms with Crippen LogP contribution in [0.3, 0.4) is 0 Å². The molecule has 3 aliphatic rings. The first kappa shape index (κ1) is 128. The Labute approximate surface area is 886 Å². The summed E-state index contributed by atoms with van der Waals surface area (Å²) in [6.45, 7) is 25.4. The Morgan fingerprint density at radius 3 is 1.11 bits per heavy atom. The van der Waals surface area contributed by atoms with E-state index >= 15 is 4.39 Å². The Kier molecular flexibility index (Phi) is 58.9. The largest absolute Gasteiger partial charge is 1.00 e. The van der Waals surface area contributed by atoms with Crippen molar-refractivity contribution in [3.05, 3.63) is 186 Å². The van der Waals surface area contributed by atoms with E-state index in [2.05, 4.69) is 122 Å². The van der Waals surface area contributed by atoms with Crippen molar-refractivity contribution in [2.45, 2.75) is 187 Å². The second kappa shape index (κ2) is 64.7. The maximum absolute atomic E-state index is 15.2. The van der Waals surface area contributed by atoms with Gasteiger partial charge in [-0.25, -0.2) is 41.9 Å². The van der Waals surface area contributed by atoms with Crippen LogP contribution < -0.4 is 76.2 Å². The minimum atomic E-state index is -0.639. The van der Waals surface area contributed by atoms with Crippen LogP contribution in [-0.2, 0) is 74.4 Å². The summed E-state index contributed by atoms with van der Waals surface area (Å²) >= 11 is 18.1. The van der Waals surface area contributed by atoms with Crippen molar-refractivity contribution in [2.75, 3.05) is 103 Å². The number of carbonyl (C=O) groups excluding carboxylic acids is 9. The maximum Gasteiger partial charge on any atom is 1.00 e. The number of hydrogen-bond donors (Lipinski definition) is 10. The molecule has 13 rings (SSSR count). The Hall–Kier alpha value is -10.7. The number of halogens is 7. The van der Waals surface area contributed by atoms with Crippen molar-refractivity contribution in [1.82, 2.24) is 98.4 Å². The smallest absolute Gasteiger partial charge is 0.757 e. The van der Waals surface area contributed by atoms with Crippen LogP contribution in [0.1, 0.15) is 129 Å². The number of thioether (sulfide) groups is 3. The van der Waals surface area contributed by atoms with E-state index in [1.165, 1.54) is 83.4 Å². The van der Waals surface area contributed by atoms with Gasteiger partial charge < -0.3 is 77.9 Å². The van der Waals surface area contributed by atoms with Crippen LogP contribution in [0, 0.1) is 17.5 Å². The number of nitrogens with zero attached hydrogens (tertiary/aromatic N) is 12. The molecular formula is C92H126BrCl3F3N22NaO15S4. The molecule has 37 nitrogen and oxygen atoms in total. The maximum atomic E-state index is 15.2. The number of H-pyrrole nitrogens is 4. The first-order valence-electron chi connectivity index (χ1n) is 41.8. The Morgan fingerprint density at radius 1 is 0.475 bits per heavy atom. The molecule has 0 unspecified atom stereocenters. The van der Waals surface area contributed by atoms with E-state index in [1.807, 2.05) is 123 Å². The molecule has 3 saturated heterocycles. The van der Waals surface area contributed by atoms with E-state index in [-0.39, 0.29) is 147 Å². The minimum Gasteiger partial charge on any atom is -0.757 e. The number of cyclic esters (lactones) is 3. The number of alkyl carbamates (subject to hydrolysis) is 2. The molecule has 6 aromatic carbocycles. The van der Waals surface area contributed by atoms with E-state index < -0.39 is 83.0 Å². The third-order valence-corrected chi connectivity index (χ3v) is 21.5. The molecule has 0 bridgehead atoms. The third-order valence-electron chi connectivity index (χ3n) is 17.9. The normalized spacial score (nSPS) is 13.6. The summed E-state index contributed by atoms with van der Waals surface area (Å²) in [5.41, 5.74) is 6.01. The van der Waals surface area contributed by atoms with Crippen molar-refractivity contribution >= 4 is 172 Å². The zero-order valence-corrected chi connectivity index (χ0v) is 86.8. The summed E-state index contributed by atoms with van der Waals surface area (Å²) in [5.74, 6) is 0.633. The number of aromatic amines is 4. The van der Waals surface area contributed by atoms with Gasteiger partial charge in [-0.15, -0.1) is 87.0 Å². The van der Waals surface area contributed by atoms with Gasteiger partial charge in [-0.1, -0.05) is 118 Å². The predicted molar refractivity (Wildman–Crippen MR) is 549 cm³/mol. The Bertz CT molecular complexity index is 5410. The van der Waals surface area contributed by atoms with Gasteiger partial charge in [-0.2, -0.15) is 46.3 Å². The molecule has 0 saturated carbocycles. The average molecular weight is 2170 g/mol. The third kappa shape index (κ3) is 46.9. The van der Waals surface area contributed by atoms with Crippen molar-refractivity contribution in [1.29, 1.82) is 0 Å². The monoisotopic (exact) mass is 2170 g/mol. The van der Waals surface area contributed by atoms with Gasteiger partial charge in [0.05, 0.1) is 74.9 Å². The molecule has 3 aliphatic heterocycles. The second-order valence-corrected chi connectivity index (χ2v) is 37.1. The summed E-state index contributed by atoms with van der Waals surface area (Å²) in [4.78, 5) is 110. The molecule has 141 heavy (non-hydrogen) atoms. The number of nitrogens with one attached hydrogen (secondary N) is 10. The Balaban J connectivity index is 0.000000901. The fourth-order valence-electron chi connectivity index (χ4n) is 11.9. The van der Waals surface area contributed by atoms with Gasteiger partial charge in [0.1, 0.15) is 67.6 Å². The van der Waals surface area contributed by atoms with Crippen LogP contribution in [0.2, 0.25) is 0 Å². The molecule has 0 spiro atoms. The standard InChI is InChI=1S/C28H33FN6O5S.C23H25FN6O3S.C19H18ClFN2O3.C9H16N4O2S.C7H14BrNO2.C2H3N3S.4CH4.2ClH.Na/c1-18(36)30-14-22-17-35(27(38)39-22)21-9-10-23(24(29)13-21)20-7-5-19(6-8-20)16-34(26(37)40-28(2,3)4)11-12-41-25-15-31-33-32-25;1-15(31)26-12-19-14-30(23(32)33-19)18-6-7-20(21(24)10-18)17-4-2-16(3-5-17)11-25-8-9-34-22-13-27-29-28-22;1-12(24)22-10-16-11-23(19(25)26-16)15-6-7-17(18(21)8-15)14-4-2-13(9-20)3-5-14;1-9(2,3)15-8(14)10-4-5-16-7-6-11-13-12-7;1-7(2,3)11-6(10)9-5-4-8;6-2-1-3-5-4-2;;;;;;;/h5-10,13,15,22H,11-12,14,16-17H2,1-4H3,(H,30,36)(H,31,32,33);2-7,10,13,19,25H,8-9,11-12,14H2,1H3,(H,26,31)(H,27,28,29);2-8,16H,9-11H2,1H3,(H,22,24);6H,4-5H2,1-3H3,(H,10,14)(H,11,12,13);4-5H2,1-3H3,(H,9,10);1H,(H2,3,4,5,6);4*1H4;2*1H;/q;;;;;;;;;;;;+1/p-1/t22-;19-;16-;;;;;;;;;;/m000........../s1. The Morgan fingerprint density at radius 2 is 0.809 bits per heavy atom. The number of carbonyl (C=O) groups is 9. The molecule has 4 aromatic heterocycles. The van der Waals surface area contributed by atoms with Gasteiger partial charge in [-0.05, 0) is 155 Å². The molecule has 9 amide bonds. The van der Waals surface area contributed by atoms with Crippen molar-refractivity contribution in [3.63, 3.8) is 0 Å². The molecule has 0 aliphatic carbocycles. The van der Waals surface area contributed by atoms with Crippen LogP contribution in [0.4, 0.5) is 59.0 Å². The quantitative estimate of drug-likeness (QED) is 0.00482. The number of rotatable bonds is 31. The molecule has 3 atom stereocenters. The number of hydrogen-bond acceptors (Lipinski definition) is 28. The second-order valence-electron chi connectivity index (χ2n) is 32.3. The van der Waals surface area contributed by atoms with E-state index in [1.54, 1.807) is 83.8 Å². The van der Waals surface area contributed by atoms with E-state index in [0.717, 1.165) is 66.3 Å². The number of amides is 9.